The van der Waals surface area contributed by atoms with Crippen LogP contribution in [0.4, 0.5) is 0 Å². The molecule has 0 bridgehead atoms. The highest BCUT2D eigenvalue weighted by atomic mass is 35.5. The number of aliphatic hydroxyl groups is 1. The summed E-state index contributed by atoms with van der Waals surface area (Å²) >= 11 is 6.23. The Bertz CT molecular complexity index is 1040. The monoisotopic (exact) mass is 458 g/mol. The van der Waals surface area contributed by atoms with E-state index in [0.29, 0.717) is 53.7 Å². The smallest absolute Gasteiger partial charge is 0.295 e. The molecule has 8 nitrogen and oxygen atoms in total. The Morgan fingerprint density at radius 3 is 2.66 bits per heavy atom. The Morgan fingerprint density at radius 2 is 2.00 bits per heavy atom. The number of aromatic amines is 1. The number of carbonyl (C=O) groups is 2. The number of aryl methyl sites for hydroxylation is 2. The average molecular weight is 459 g/mol. The summed E-state index contributed by atoms with van der Waals surface area (Å²) in [5.41, 5.74) is 2.38. The van der Waals surface area contributed by atoms with Gasteiger partial charge in [0.15, 0.2) is 0 Å². The molecular formula is C23H27ClN4O4. The summed E-state index contributed by atoms with van der Waals surface area (Å²) in [5, 5.41) is 18.6. The summed E-state index contributed by atoms with van der Waals surface area (Å²) in [7, 11) is 0. The van der Waals surface area contributed by atoms with Crippen molar-refractivity contribution in [2.24, 2.45) is 0 Å². The van der Waals surface area contributed by atoms with E-state index in [0.717, 1.165) is 19.6 Å². The second-order valence-corrected chi connectivity index (χ2v) is 8.60. The fourth-order valence-electron chi connectivity index (χ4n) is 4.46. The minimum atomic E-state index is -0.716. The van der Waals surface area contributed by atoms with Gasteiger partial charge < -0.3 is 14.7 Å². The van der Waals surface area contributed by atoms with E-state index in [-0.39, 0.29) is 11.3 Å². The molecular weight excluding hydrogens is 432 g/mol. The van der Waals surface area contributed by atoms with Gasteiger partial charge in [-0.25, -0.2) is 0 Å². The maximum Gasteiger partial charge on any atom is 0.295 e. The Balaban J connectivity index is 1.70. The van der Waals surface area contributed by atoms with Crippen LogP contribution in [0.2, 0.25) is 5.02 Å². The molecule has 1 aromatic heterocycles. The van der Waals surface area contributed by atoms with E-state index in [1.54, 1.807) is 36.9 Å². The molecule has 0 saturated carbocycles. The number of hydrogen-bond donors (Lipinski definition) is 2. The van der Waals surface area contributed by atoms with Crippen molar-refractivity contribution in [2.75, 3.05) is 39.4 Å². The lowest BCUT2D eigenvalue weighted by Crippen LogP contribution is -2.38. The lowest BCUT2D eigenvalue weighted by atomic mass is 9.94. The molecule has 32 heavy (non-hydrogen) atoms. The van der Waals surface area contributed by atoms with E-state index >= 15 is 0 Å². The first-order valence-electron chi connectivity index (χ1n) is 10.7. The number of ketones is 1. The largest absolute Gasteiger partial charge is 0.507 e. The van der Waals surface area contributed by atoms with Gasteiger partial charge in [-0.15, -0.1) is 0 Å². The van der Waals surface area contributed by atoms with Gasteiger partial charge in [-0.05, 0) is 38.0 Å². The Hall–Kier alpha value is -2.68. The molecule has 0 spiro atoms. The summed E-state index contributed by atoms with van der Waals surface area (Å²) in [5.74, 6) is -1.52. The van der Waals surface area contributed by atoms with Crippen molar-refractivity contribution < 1.29 is 19.4 Å². The van der Waals surface area contributed by atoms with Crippen LogP contribution in [0.25, 0.3) is 5.76 Å². The first kappa shape index (κ1) is 22.5. The van der Waals surface area contributed by atoms with Crippen LogP contribution < -0.4 is 0 Å². The number of hydrogen-bond acceptors (Lipinski definition) is 6. The maximum absolute atomic E-state index is 13.1. The van der Waals surface area contributed by atoms with Gasteiger partial charge >= 0.3 is 0 Å². The lowest BCUT2D eigenvalue weighted by molar-refractivity contribution is -0.140. The van der Waals surface area contributed by atoms with Crippen molar-refractivity contribution in [3.8, 4) is 0 Å². The summed E-state index contributed by atoms with van der Waals surface area (Å²) in [6.07, 6.45) is 0.702. The van der Waals surface area contributed by atoms with Crippen molar-refractivity contribution >= 4 is 29.1 Å². The third kappa shape index (κ3) is 4.30. The molecule has 1 amide bonds. The fraction of sp³-hybridized carbons (Fsp3) is 0.435. The predicted molar refractivity (Wildman–Crippen MR) is 120 cm³/mol. The normalized spacial score (nSPS) is 21.5. The average Bonchev–Trinajstić information content (AvgIpc) is 3.24. The number of nitrogens with one attached hydrogen (secondary N) is 1. The Morgan fingerprint density at radius 1 is 1.25 bits per heavy atom. The zero-order valence-electron chi connectivity index (χ0n) is 18.2. The summed E-state index contributed by atoms with van der Waals surface area (Å²) in [6.45, 7) is 7.82. The minimum Gasteiger partial charge on any atom is -0.507 e. The van der Waals surface area contributed by atoms with E-state index in [2.05, 4.69) is 15.1 Å². The van der Waals surface area contributed by atoms with Crippen molar-refractivity contribution in [1.29, 1.82) is 0 Å². The number of benzene rings is 1. The minimum absolute atomic E-state index is 0.0660. The zero-order chi connectivity index (χ0) is 22.8. The zero-order valence-corrected chi connectivity index (χ0v) is 19.0. The highest BCUT2D eigenvalue weighted by Gasteiger charge is 2.46. The first-order chi connectivity index (χ1) is 15.4. The van der Waals surface area contributed by atoms with Crippen LogP contribution in [0.3, 0.4) is 0 Å². The molecule has 1 aromatic carbocycles. The number of likely N-dealkylation sites (tertiary alicyclic amines) is 1. The number of aliphatic hydroxyl groups excluding tert-OH is 1. The molecule has 2 saturated heterocycles. The maximum atomic E-state index is 13.1. The van der Waals surface area contributed by atoms with Crippen molar-refractivity contribution in [1.82, 2.24) is 20.0 Å². The van der Waals surface area contributed by atoms with Gasteiger partial charge in [0.25, 0.3) is 11.7 Å². The molecule has 2 aliphatic heterocycles. The summed E-state index contributed by atoms with van der Waals surface area (Å²) < 4.78 is 5.39. The van der Waals surface area contributed by atoms with E-state index in [1.807, 2.05) is 6.07 Å². The van der Waals surface area contributed by atoms with Crippen LogP contribution >= 0.6 is 11.6 Å². The van der Waals surface area contributed by atoms with E-state index < -0.39 is 17.7 Å². The van der Waals surface area contributed by atoms with Crippen molar-refractivity contribution in [2.45, 2.75) is 26.3 Å². The van der Waals surface area contributed by atoms with E-state index in [1.165, 1.54) is 0 Å². The molecule has 170 valence electrons. The van der Waals surface area contributed by atoms with Crippen LogP contribution in [0, 0.1) is 13.8 Å². The Labute approximate surface area is 191 Å². The number of aromatic nitrogens is 2. The summed E-state index contributed by atoms with van der Waals surface area (Å²) in [6, 6.07) is 6.35. The van der Waals surface area contributed by atoms with Crippen LogP contribution in [0.15, 0.2) is 29.8 Å². The van der Waals surface area contributed by atoms with Gasteiger partial charge in [-0.3, -0.25) is 19.6 Å². The molecule has 4 rings (SSSR count). The van der Waals surface area contributed by atoms with Crippen molar-refractivity contribution in [3.63, 3.8) is 0 Å². The third-order valence-corrected chi connectivity index (χ3v) is 6.28. The fourth-order valence-corrected chi connectivity index (χ4v) is 4.66. The van der Waals surface area contributed by atoms with Gasteiger partial charge in [-0.2, -0.15) is 5.10 Å². The van der Waals surface area contributed by atoms with Crippen molar-refractivity contribution in [3.05, 3.63) is 57.4 Å². The second-order valence-electron chi connectivity index (χ2n) is 8.16. The standard InChI is InChI=1S/C23H27ClN4O4/c1-14-18(15(2)26-25-14)21(29)19-20(16-5-3-6-17(24)13-16)28(23(31)22(19)30)8-4-7-27-9-11-32-12-10-27/h3,5-6,13,20,29H,4,7-12H2,1-2H3,(H,25,26)/b21-19+/t20-/m1/s1. The van der Waals surface area contributed by atoms with Crippen LogP contribution in [-0.2, 0) is 14.3 Å². The van der Waals surface area contributed by atoms with Gasteiger partial charge in [0.1, 0.15) is 5.76 Å². The molecule has 1 atom stereocenters. The predicted octanol–water partition coefficient (Wildman–Crippen LogP) is 2.82. The van der Waals surface area contributed by atoms with Crippen LogP contribution in [-0.4, -0.2) is 76.2 Å². The molecule has 2 N–H and O–H groups in total. The quantitative estimate of drug-likeness (QED) is 0.392. The molecule has 2 aromatic rings. The second kappa shape index (κ2) is 9.44. The number of Topliss-reactive ketones (excluding diaryl/α,β-unsaturated/α-hetero) is 1. The number of halogens is 1. The number of rotatable bonds is 6. The first-order valence-corrected chi connectivity index (χ1v) is 11.1. The number of morpholine rings is 1. The molecule has 0 aliphatic carbocycles. The SMILES string of the molecule is Cc1n[nH]c(C)c1/C(O)=C1\C(=O)C(=O)N(CCCN2CCOCC2)[C@@H]1c1cccc(Cl)c1. The molecule has 3 heterocycles. The number of amides is 1. The highest BCUT2D eigenvalue weighted by molar-refractivity contribution is 6.46. The molecule has 0 unspecified atom stereocenters. The molecule has 2 fully saturated rings. The third-order valence-electron chi connectivity index (χ3n) is 6.05. The molecule has 9 heteroatoms. The van der Waals surface area contributed by atoms with Crippen LogP contribution in [0.5, 0.6) is 0 Å². The Kier molecular flexibility index (Phi) is 6.64. The molecule has 0 radical (unpaired) electrons. The number of ether oxygens (including phenoxy) is 1. The van der Waals surface area contributed by atoms with E-state index in [9.17, 15) is 14.7 Å². The van der Waals surface area contributed by atoms with Gasteiger partial charge in [-0.1, -0.05) is 23.7 Å². The number of carbonyl (C=O) groups excluding carboxylic acids is 2. The number of nitrogens with zero attached hydrogens (tertiary/aromatic N) is 3. The lowest BCUT2D eigenvalue weighted by Gasteiger charge is -2.29. The van der Waals surface area contributed by atoms with Gasteiger partial charge in [0.05, 0.1) is 36.1 Å². The van der Waals surface area contributed by atoms with E-state index in [4.69, 9.17) is 16.3 Å². The topological polar surface area (TPSA) is 98.8 Å². The van der Waals surface area contributed by atoms with Crippen LogP contribution in [0.1, 0.15) is 35.0 Å². The molecule has 2 aliphatic rings. The van der Waals surface area contributed by atoms with Gasteiger partial charge in [0, 0.05) is 36.9 Å². The highest BCUT2D eigenvalue weighted by Crippen LogP contribution is 2.40. The van der Waals surface area contributed by atoms with Gasteiger partial charge in [0.2, 0.25) is 0 Å². The summed E-state index contributed by atoms with van der Waals surface area (Å²) in [4.78, 5) is 30.0. The number of H-pyrrole nitrogens is 1.